The second-order valence-electron chi connectivity index (χ2n) is 8.18. The lowest BCUT2D eigenvalue weighted by molar-refractivity contribution is -0.138. The van der Waals surface area contributed by atoms with Crippen molar-refractivity contribution >= 4 is 83.5 Å². The molecule has 0 aliphatic carbocycles. The topological polar surface area (TPSA) is 179 Å². The second kappa shape index (κ2) is 12.0. The number of carbonyl (C=O) groups excluding carboxylic acids is 1. The number of unbranched alkanes of at least 4 members (excludes halogenated alkanes) is 1. The molecule has 4 aromatic rings. The van der Waals surface area contributed by atoms with Gasteiger partial charge in [0.2, 0.25) is 5.91 Å². The first-order valence-electron chi connectivity index (χ1n) is 11.3. The van der Waals surface area contributed by atoms with Gasteiger partial charge < -0.3 is 23.9 Å². The molecule has 2 aromatic carbocycles. The number of benzene rings is 2. The number of carbonyl (C=O) groups is 2. The summed E-state index contributed by atoms with van der Waals surface area (Å²) in [7, 11) is 0. The predicted molar refractivity (Wildman–Crippen MR) is 143 cm³/mol. The third kappa shape index (κ3) is 6.19. The monoisotopic (exact) mass is 578 g/mol. The van der Waals surface area contributed by atoms with E-state index in [1.807, 2.05) is 18.2 Å². The number of thiazole rings is 1. The number of hydrogen-bond donors (Lipinski definition) is 2. The number of rotatable bonds is 12. The molecule has 0 saturated heterocycles. The molecule has 0 saturated carbocycles. The van der Waals surface area contributed by atoms with Crippen LogP contribution in [0.4, 0.5) is 15.8 Å². The molecule has 0 spiro atoms. The number of fused-ring (bicyclic) bond motifs is 3. The van der Waals surface area contributed by atoms with Gasteiger partial charge in [-0.05, 0) is 43.5 Å². The normalized spacial score (nSPS) is 13.8. The minimum Gasteiger partial charge on any atom is -0.755 e. The van der Waals surface area contributed by atoms with Crippen LogP contribution >= 0.6 is 11.3 Å². The SMILES string of the molecule is CC(=O)Nc1ncc(N(CCCCC(C(=O)O)N(c2ccc3oc4ccccc4c3c2)S(=O)[O-])S(=O)[O-])s1. The van der Waals surface area contributed by atoms with E-state index in [1.165, 1.54) is 19.2 Å². The standard InChI is InChI=1S/C23H24N4O8S3/c1-14(28)25-23-24-13-21(36-23)26(37(31)32)11-5-4-7-18(22(29)30)27(38(33)34)15-9-10-20-17(12-15)16-6-2-3-8-19(16)35-20/h2-3,6,8-10,12-13,18H,4-5,7,11H2,1H3,(H,29,30)(H,31,32)(H,33,34)(H,24,25,28)/p-2. The number of aromatic nitrogens is 1. The van der Waals surface area contributed by atoms with Crippen molar-refractivity contribution in [2.45, 2.75) is 32.2 Å². The van der Waals surface area contributed by atoms with Crippen LogP contribution in [-0.2, 0) is 32.1 Å². The van der Waals surface area contributed by atoms with E-state index in [-0.39, 0.29) is 47.5 Å². The van der Waals surface area contributed by atoms with Gasteiger partial charge in [-0.1, -0.05) is 29.5 Å². The Morgan fingerprint density at radius 2 is 1.84 bits per heavy atom. The highest BCUT2D eigenvalue weighted by molar-refractivity contribution is 7.81. The van der Waals surface area contributed by atoms with E-state index < -0.39 is 34.5 Å². The van der Waals surface area contributed by atoms with Gasteiger partial charge in [0, 0.05) is 46.8 Å². The minimum atomic E-state index is -2.90. The lowest BCUT2D eigenvalue weighted by atomic mass is 10.1. The Morgan fingerprint density at radius 1 is 1.11 bits per heavy atom. The first-order chi connectivity index (χ1) is 18.2. The van der Waals surface area contributed by atoms with Crippen LogP contribution in [0.15, 0.2) is 53.1 Å². The van der Waals surface area contributed by atoms with Gasteiger partial charge in [-0.3, -0.25) is 21.8 Å². The maximum atomic E-state index is 12.2. The van der Waals surface area contributed by atoms with Crippen LogP contribution in [0, 0.1) is 0 Å². The van der Waals surface area contributed by atoms with Crippen LogP contribution in [0.5, 0.6) is 0 Å². The number of carboxylic acid groups (broad SMARTS) is 1. The fourth-order valence-corrected chi connectivity index (χ4v) is 6.26. The molecule has 0 aliphatic rings. The van der Waals surface area contributed by atoms with Gasteiger partial charge in [0.1, 0.15) is 22.2 Å². The molecule has 0 bridgehead atoms. The van der Waals surface area contributed by atoms with Crippen molar-refractivity contribution < 1.29 is 36.6 Å². The van der Waals surface area contributed by atoms with Gasteiger partial charge in [-0.2, -0.15) is 0 Å². The van der Waals surface area contributed by atoms with Crippen molar-refractivity contribution in [3.05, 3.63) is 48.7 Å². The Bertz CT molecular complexity index is 1520. The molecule has 38 heavy (non-hydrogen) atoms. The number of furan rings is 1. The molecule has 15 heteroatoms. The second-order valence-corrected chi connectivity index (χ2v) is 10.9. The maximum absolute atomic E-state index is 12.2. The van der Waals surface area contributed by atoms with E-state index in [0.717, 1.165) is 25.3 Å². The highest BCUT2D eigenvalue weighted by Gasteiger charge is 2.27. The van der Waals surface area contributed by atoms with E-state index in [9.17, 15) is 32.2 Å². The largest absolute Gasteiger partial charge is 0.755 e. The smallest absolute Gasteiger partial charge is 0.327 e. The number of para-hydroxylation sites is 1. The fourth-order valence-electron chi connectivity index (χ4n) is 4.00. The van der Waals surface area contributed by atoms with E-state index in [4.69, 9.17) is 4.42 Å². The third-order valence-electron chi connectivity index (χ3n) is 5.63. The average Bonchev–Trinajstić information content (AvgIpc) is 3.46. The van der Waals surface area contributed by atoms with Crippen molar-refractivity contribution in [1.29, 1.82) is 0 Å². The molecule has 3 unspecified atom stereocenters. The van der Waals surface area contributed by atoms with Crippen LogP contribution < -0.4 is 13.9 Å². The number of aliphatic carboxylic acids is 1. The number of amides is 1. The molecule has 0 radical (unpaired) electrons. The average molecular weight is 579 g/mol. The molecule has 0 fully saturated rings. The van der Waals surface area contributed by atoms with Crippen LogP contribution in [0.3, 0.4) is 0 Å². The summed E-state index contributed by atoms with van der Waals surface area (Å²) in [4.78, 5) is 27.3. The maximum Gasteiger partial charge on any atom is 0.327 e. The minimum absolute atomic E-state index is 0.0115. The molecule has 2 heterocycles. The van der Waals surface area contributed by atoms with Gasteiger partial charge in [0.15, 0.2) is 5.13 Å². The molecule has 4 rings (SSSR count). The van der Waals surface area contributed by atoms with Crippen molar-refractivity contribution in [3.63, 3.8) is 0 Å². The summed E-state index contributed by atoms with van der Waals surface area (Å²) in [6.07, 6.45) is 1.71. The summed E-state index contributed by atoms with van der Waals surface area (Å²) < 4.78 is 55.5. The Hall–Kier alpha value is -3.37. The third-order valence-corrected chi connectivity index (χ3v) is 8.21. The molecule has 2 aromatic heterocycles. The first kappa shape index (κ1) is 27.7. The van der Waals surface area contributed by atoms with Gasteiger partial charge in [0.25, 0.3) is 0 Å². The van der Waals surface area contributed by atoms with Crippen LogP contribution in [-0.4, -0.2) is 52.1 Å². The predicted octanol–water partition coefficient (Wildman–Crippen LogP) is 3.53. The number of hydrogen-bond acceptors (Lipinski definition) is 9. The van der Waals surface area contributed by atoms with E-state index in [2.05, 4.69) is 10.3 Å². The lowest BCUT2D eigenvalue weighted by Crippen LogP contribution is -2.42. The highest BCUT2D eigenvalue weighted by atomic mass is 32.2. The summed E-state index contributed by atoms with van der Waals surface area (Å²) in [5.41, 5.74) is 1.32. The Kier molecular flexibility index (Phi) is 8.73. The van der Waals surface area contributed by atoms with Crippen molar-refractivity contribution in [1.82, 2.24) is 4.98 Å². The molecule has 1 amide bonds. The quantitative estimate of drug-likeness (QED) is 0.188. The number of nitrogens with zero attached hydrogens (tertiary/aromatic N) is 3. The highest BCUT2D eigenvalue weighted by Crippen LogP contribution is 2.33. The Labute approximate surface area is 226 Å². The molecular weight excluding hydrogens is 556 g/mol. The van der Waals surface area contributed by atoms with E-state index in [0.29, 0.717) is 16.6 Å². The molecule has 202 valence electrons. The van der Waals surface area contributed by atoms with Crippen molar-refractivity contribution in [2.75, 3.05) is 20.5 Å². The number of anilines is 3. The molecule has 0 aliphatic heterocycles. The zero-order valence-corrected chi connectivity index (χ0v) is 22.3. The summed E-state index contributed by atoms with van der Waals surface area (Å²) in [5.74, 6) is -1.68. The van der Waals surface area contributed by atoms with E-state index in [1.54, 1.807) is 18.2 Å². The molecule has 2 N–H and O–H groups in total. The summed E-state index contributed by atoms with van der Waals surface area (Å²) in [5, 5.41) is 14.3. The lowest BCUT2D eigenvalue weighted by Gasteiger charge is -2.32. The fraction of sp³-hybridized carbons (Fsp3) is 0.261. The zero-order chi connectivity index (χ0) is 27.4. The number of carboxylic acids is 1. The van der Waals surface area contributed by atoms with Crippen LogP contribution in [0.2, 0.25) is 0 Å². The Morgan fingerprint density at radius 3 is 2.53 bits per heavy atom. The van der Waals surface area contributed by atoms with Crippen molar-refractivity contribution in [3.8, 4) is 0 Å². The number of nitrogens with one attached hydrogen (secondary N) is 1. The summed E-state index contributed by atoms with van der Waals surface area (Å²) in [6.45, 7) is 1.31. The molecule has 3 atom stereocenters. The van der Waals surface area contributed by atoms with Gasteiger partial charge in [0.05, 0.1) is 11.9 Å². The molecular formula is C23H22N4O8S3-2. The first-order valence-corrected chi connectivity index (χ1v) is 14.2. The van der Waals surface area contributed by atoms with Crippen LogP contribution in [0.1, 0.15) is 26.2 Å². The van der Waals surface area contributed by atoms with E-state index >= 15 is 0 Å². The summed E-state index contributed by atoms with van der Waals surface area (Å²) in [6, 6.07) is 10.5. The zero-order valence-electron chi connectivity index (χ0n) is 19.9. The van der Waals surface area contributed by atoms with Gasteiger partial charge >= 0.3 is 5.97 Å². The van der Waals surface area contributed by atoms with Crippen LogP contribution in [0.25, 0.3) is 21.9 Å². The van der Waals surface area contributed by atoms with Crippen molar-refractivity contribution in [2.24, 2.45) is 0 Å². The molecule has 12 nitrogen and oxygen atoms in total. The summed E-state index contributed by atoms with van der Waals surface area (Å²) >= 11 is -4.56. The Balaban J connectivity index is 1.48. The van der Waals surface area contributed by atoms with Gasteiger partial charge in [-0.15, -0.1) is 0 Å². The van der Waals surface area contributed by atoms with Gasteiger partial charge in [-0.25, -0.2) is 9.78 Å².